The van der Waals surface area contributed by atoms with E-state index in [1.165, 1.54) is 30.6 Å². The molecule has 2 fully saturated rings. The summed E-state index contributed by atoms with van der Waals surface area (Å²) in [5.41, 5.74) is 1.90. The lowest BCUT2D eigenvalue weighted by Gasteiger charge is -2.62. The second kappa shape index (κ2) is 4.63. The second-order valence-corrected chi connectivity index (χ2v) is 9.19. The summed E-state index contributed by atoms with van der Waals surface area (Å²) in [6, 6.07) is 2.15. The standard InChI is InChI=1S/C20H30O2/c1-12-13-6-9-22-17(13)11-15-14(12)10-16(21)18-19(2,3)7-5-8-20(15,18)4/h6,9,12,14-16,18,21H,5,7-8,10-11H2,1-4H3. The first-order chi connectivity index (χ1) is 10.3. The molecule has 1 heterocycles. The predicted octanol–water partition coefficient (Wildman–Crippen LogP) is 4.77. The third-order valence-electron chi connectivity index (χ3n) is 7.67. The van der Waals surface area contributed by atoms with Crippen LogP contribution < -0.4 is 0 Å². The van der Waals surface area contributed by atoms with Crippen LogP contribution in [-0.4, -0.2) is 11.2 Å². The number of aliphatic hydroxyl groups excluding tert-OH is 1. The Hall–Kier alpha value is -0.760. The highest BCUT2D eigenvalue weighted by Gasteiger charge is 2.60. The molecule has 4 rings (SSSR count). The van der Waals surface area contributed by atoms with E-state index in [-0.39, 0.29) is 16.9 Å². The Bertz CT molecular complexity index is 572. The molecular formula is C20H30O2. The quantitative estimate of drug-likeness (QED) is 0.749. The molecule has 0 spiro atoms. The summed E-state index contributed by atoms with van der Waals surface area (Å²) >= 11 is 0. The molecule has 2 saturated carbocycles. The molecule has 6 atom stereocenters. The fourth-order valence-corrected chi connectivity index (χ4v) is 6.86. The van der Waals surface area contributed by atoms with Crippen molar-refractivity contribution in [1.29, 1.82) is 0 Å². The number of fused-ring (bicyclic) bond motifs is 4. The minimum Gasteiger partial charge on any atom is -0.469 e. The fourth-order valence-electron chi connectivity index (χ4n) is 6.86. The molecule has 122 valence electrons. The third kappa shape index (κ3) is 1.82. The van der Waals surface area contributed by atoms with Gasteiger partial charge in [-0.15, -0.1) is 0 Å². The Morgan fingerprint density at radius 3 is 2.77 bits per heavy atom. The van der Waals surface area contributed by atoms with Crippen molar-refractivity contribution in [2.45, 2.75) is 71.8 Å². The molecular weight excluding hydrogens is 272 g/mol. The number of hydrogen-bond acceptors (Lipinski definition) is 2. The Balaban J connectivity index is 1.79. The van der Waals surface area contributed by atoms with Gasteiger partial charge in [0.05, 0.1) is 12.4 Å². The Morgan fingerprint density at radius 1 is 1.23 bits per heavy atom. The van der Waals surface area contributed by atoms with E-state index in [4.69, 9.17) is 4.42 Å². The van der Waals surface area contributed by atoms with E-state index in [1.54, 1.807) is 0 Å². The second-order valence-electron chi connectivity index (χ2n) is 9.19. The summed E-state index contributed by atoms with van der Waals surface area (Å²) in [5, 5.41) is 11.0. The zero-order valence-corrected chi connectivity index (χ0v) is 14.4. The van der Waals surface area contributed by atoms with Crippen molar-refractivity contribution in [1.82, 2.24) is 0 Å². The lowest BCUT2D eigenvalue weighted by molar-refractivity contribution is -0.166. The molecule has 22 heavy (non-hydrogen) atoms. The first kappa shape index (κ1) is 14.8. The number of rotatable bonds is 0. The molecule has 3 aliphatic carbocycles. The molecule has 1 aromatic heterocycles. The van der Waals surface area contributed by atoms with Gasteiger partial charge in [-0.1, -0.05) is 34.1 Å². The molecule has 0 bridgehead atoms. The van der Waals surface area contributed by atoms with E-state index >= 15 is 0 Å². The molecule has 6 unspecified atom stereocenters. The molecule has 0 aromatic carbocycles. The minimum atomic E-state index is -0.141. The Kier molecular flexibility index (Phi) is 3.11. The lowest BCUT2D eigenvalue weighted by Crippen LogP contribution is -2.59. The predicted molar refractivity (Wildman–Crippen MR) is 87.7 cm³/mol. The van der Waals surface area contributed by atoms with Crippen LogP contribution in [0.1, 0.15) is 70.6 Å². The Labute approximate surface area is 134 Å². The van der Waals surface area contributed by atoms with E-state index in [1.807, 2.05) is 6.26 Å². The largest absolute Gasteiger partial charge is 0.469 e. The summed E-state index contributed by atoms with van der Waals surface area (Å²) in [6.07, 6.45) is 7.59. The van der Waals surface area contributed by atoms with Gasteiger partial charge in [0.15, 0.2) is 0 Å². The van der Waals surface area contributed by atoms with Gasteiger partial charge in [0, 0.05) is 6.42 Å². The topological polar surface area (TPSA) is 33.4 Å². The first-order valence-electron chi connectivity index (χ1n) is 9.09. The van der Waals surface area contributed by atoms with Crippen molar-refractivity contribution in [2.24, 2.45) is 28.6 Å². The van der Waals surface area contributed by atoms with Gasteiger partial charge in [0.2, 0.25) is 0 Å². The SMILES string of the molecule is CC1c2ccoc2CC2C1CC(O)C1C(C)(C)CCCC21C. The smallest absolute Gasteiger partial charge is 0.107 e. The lowest BCUT2D eigenvalue weighted by atomic mass is 9.43. The summed E-state index contributed by atoms with van der Waals surface area (Å²) < 4.78 is 5.82. The minimum absolute atomic E-state index is 0.141. The summed E-state index contributed by atoms with van der Waals surface area (Å²) in [4.78, 5) is 0. The highest BCUT2D eigenvalue weighted by atomic mass is 16.3. The van der Waals surface area contributed by atoms with Gasteiger partial charge < -0.3 is 9.52 Å². The van der Waals surface area contributed by atoms with E-state index in [9.17, 15) is 5.11 Å². The third-order valence-corrected chi connectivity index (χ3v) is 7.67. The molecule has 1 aromatic rings. The molecule has 3 aliphatic rings. The van der Waals surface area contributed by atoms with Gasteiger partial charge in [-0.2, -0.15) is 0 Å². The molecule has 2 nitrogen and oxygen atoms in total. The van der Waals surface area contributed by atoms with Gasteiger partial charge in [-0.3, -0.25) is 0 Å². The molecule has 0 amide bonds. The van der Waals surface area contributed by atoms with Crippen molar-refractivity contribution >= 4 is 0 Å². The van der Waals surface area contributed by atoms with E-state index in [0.717, 1.165) is 12.8 Å². The van der Waals surface area contributed by atoms with Gasteiger partial charge in [-0.25, -0.2) is 0 Å². The number of hydrogen-bond donors (Lipinski definition) is 1. The van der Waals surface area contributed by atoms with E-state index in [0.29, 0.717) is 23.7 Å². The van der Waals surface area contributed by atoms with Crippen molar-refractivity contribution in [2.75, 3.05) is 0 Å². The van der Waals surface area contributed by atoms with Crippen LogP contribution in [0.15, 0.2) is 16.7 Å². The Morgan fingerprint density at radius 2 is 2.00 bits per heavy atom. The van der Waals surface area contributed by atoms with Crippen LogP contribution in [0, 0.1) is 28.6 Å². The summed E-state index contributed by atoms with van der Waals surface area (Å²) in [6.45, 7) is 9.57. The van der Waals surface area contributed by atoms with Crippen molar-refractivity contribution in [3.8, 4) is 0 Å². The molecule has 0 radical (unpaired) electrons. The van der Waals surface area contributed by atoms with Crippen LogP contribution in [0.5, 0.6) is 0 Å². The first-order valence-corrected chi connectivity index (χ1v) is 9.09. The molecule has 0 saturated heterocycles. The van der Waals surface area contributed by atoms with Gasteiger partial charge >= 0.3 is 0 Å². The average Bonchev–Trinajstić information content (AvgIpc) is 2.88. The molecule has 0 aliphatic heterocycles. The van der Waals surface area contributed by atoms with E-state index in [2.05, 4.69) is 33.8 Å². The maximum Gasteiger partial charge on any atom is 0.107 e. The van der Waals surface area contributed by atoms with Crippen LogP contribution in [0.3, 0.4) is 0 Å². The number of aliphatic hydroxyl groups is 1. The average molecular weight is 302 g/mol. The van der Waals surface area contributed by atoms with Gasteiger partial charge in [-0.05, 0) is 65.4 Å². The highest BCUT2D eigenvalue weighted by molar-refractivity contribution is 5.28. The maximum absolute atomic E-state index is 11.0. The monoisotopic (exact) mass is 302 g/mol. The normalized spacial score (nSPS) is 46.5. The highest BCUT2D eigenvalue weighted by Crippen LogP contribution is 2.64. The van der Waals surface area contributed by atoms with Crippen molar-refractivity contribution in [3.05, 3.63) is 23.7 Å². The molecule has 1 N–H and O–H groups in total. The van der Waals surface area contributed by atoms with Crippen LogP contribution >= 0.6 is 0 Å². The molecule has 2 heteroatoms. The fraction of sp³-hybridized carbons (Fsp3) is 0.800. The zero-order chi connectivity index (χ0) is 15.7. The van der Waals surface area contributed by atoms with Crippen LogP contribution in [0.2, 0.25) is 0 Å². The zero-order valence-electron chi connectivity index (χ0n) is 14.4. The van der Waals surface area contributed by atoms with E-state index < -0.39 is 0 Å². The maximum atomic E-state index is 11.0. The van der Waals surface area contributed by atoms with Crippen LogP contribution in [-0.2, 0) is 6.42 Å². The number of furan rings is 1. The summed E-state index contributed by atoms with van der Waals surface area (Å²) in [5.74, 6) is 3.43. The van der Waals surface area contributed by atoms with Crippen LogP contribution in [0.4, 0.5) is 0 Å². The van der Waals surface area contributed by atoms with Crippen molar-refractivity contribution in [3.63, 3.8) is 0 Å². The van der Waals surface area contributed by atoms with Gasteiger partial charge in [0.25, 0.3) is 0 Å². The van der Waals surface area contributed by atoms with Crippen LogP contribution in [0.25, 0.3) is 0 Å². The summed E-state index contributed by atoms with van der Waals surface area (Å²) in [7, 11) is 0. The van der Waals surface area contributed by atoms with Crippen molar-refractivity contribution < 1.29 is 9.52 Å². The van der Waals surface area contributed by atoms with Gasteiger partial charge in [0.1, 0.15) is 5.76 Å².